The van der Waals surface area contributed by atoms with Crippen LogP contribution in [0.4, 0.5) is 5.69 Å². The van der Waals surface area contributed by atoms with Crippen molar-refractivity contribution in [2.45, 2.75) is 18.2 Å². The lowest BCUT2D eigenvalue weighted by atomic mass is 10.1. The molecule has 2 rings (SSSR count). The molecular weight excluding hydrogens is 316 g/mol. The zero-order chi connectivity index (χ0) is 17.0. The molecule has 0 spiro atoms. The van der Waals surface area contributed by atoms with Crippen LogP contribution in [0.5, 0.6) is 5.75 Å². The van der Waals surface area contributed by atoms with Crippen LogP contribution in [0.15, 0.2) is 47.4 Å². The number of rotatable bonds is 5. The van der Waals surface area contributed by atoms with Crippen molar-refractivity contribution in [2.24, 2.45) is 5.14 Å². The van der Waals surface area contributed by atoms with Crippen molar-refractivity contribution < 1.29 is 17.9 Å². The fraction of sp³-hybridized carbons (Fsp3) is 0.188. The van der Waals surface area contributed by atoms with E-state index in [4.69, 9.17) is 9.88 Å². The second-order valence-corrected chi connectivity index (χ2v) is 6.45. The van der Waals surface area contributed by atoms with E-state index < -0.39 is 10.0 Å². The van der Waals surface area contributed by atoms with Gasteiger partial charge in [-0.3, -0.25) is 4.79 Å². The Morgan fingerprint density at radius 1 is 1.17 bits per heavy atom. The minimum absolute atomic E-state index is 0.123. The maximum Gasteiger partial charge on any atom is 0.255 e. The summed E-state index contributed by atoms with van der Waals surface area (Å²) in [5.41, 5.74) is 1.93. The Morgan fingerprint density at radius 3 is 2.35 bits per heavy atom. The van der Waals surface area contributed by atoms with Gasteiger partial charge in [-0.25, -0.2) is 13.6 Å². The number of ether oxygens (including phenoxy) is 1. The molecule has 0 aromatic heterocycles. The number of aryl methyl sites for hydroxylation is 1. The Kier molecular flexibility index (Phi) is 5.02. The normalized spacial score (nSPS) is 11.1. The minimum atomic E-state index is -3.95. The molecule has 0 saturated carbocycles. The third-order valence-electron chi connectivity index (χ3n) is 3.35. The lowest BCUT2D eigenvalue weighted by molar-refractivity contribution is 0.102. The van der Waals surface area contributed by atoms with Crippen LogP contribution >= 0.6 is 0 Å². The fourth-order valence-electron chi connectivity index (χ4n) is 2.07. The quantitative estimate of drug-likeness (QED) is 0.875. The van der Waals surface area contributed by atoms with Crippen LogP contribution < -0.4 is 15.2 Å². The highest BCUT2D eigenvalue weighted by Gasteiger charge is 2.16. The first-order chi connectivity index (χ1) is 10.8. The zero-order valence-corrected chi connectivity index (χ0v) is 13.7. The van der Waals surface area contributed by atoms with Crippen molar-refractivity contribution >= 4 is 21.6 Å². The number of benzene rings is 2. The van der Waals surface area contributed by atoms with Gasteiger partial charge >= 0.3 is 0 Å². The average molecular weight is 334 g/mol. The first-order valence-electron chi connectivity index (χ1n) is 6.96. The maximum absolute atomic E-state index is 12.2. The minimum Gasteiger partial charge on any atom is -0.495 e. The van der Waals surface area contributed by atoms with E-state index in [2.05, 4.69) is 5.32 Å². The van der Waals surface area contributed by atoms with Crippen LogP contribution in [0.3, 0.4) is 0 Å². The number of hydrogen-bond acceptors (Lipinski definition) is 4. The molecule has 0 atom stereocenters. The summed E-state index contributed by atoms with van der Waals surface area (Å²) in [5, 5.41) is 7.80. The number of sulfonamides is 1. The van der Waals surface area contributed by atoms with Crippen LogP contribution in [-0.4, -0.2) is 21.4 Å². The van der Waals surface area contributed by atoms with Gasteiger partial charge in [0.15, 0.2) is 0 Å². The van der Waals surface area contributed by atoms with Crippen molar-refractivity contribution in [1.82, 2.24) is 0 Å². The molecule has 2 aromatic rings. The van der Waals surface area contributed by atoms with E-state index in [0.29, 0.717) is 11.3 Å². The maximum atomic E-state index is 12.2. The largest absolute Gasteiger partial charge is 0.495 e. The smallest absolute Gasteiger partial charge is 0.255 e. The van der Waals surface area contributed by atoms with Crippen molar-refractivity contribution in [3.05, 3.63) is 53.6 Å². The third-order valence-corrected chi connectivity index (χ3v) is 4.28. The number of methoxy groups -OCH3 is 1. The lowest BCUT2D eigenvalue weighted by Crippen LogP contribution is -2.16. The second-order valence-electron chi connectivity index (χ2n) is 4.92. The Labute approximate surface area is 135 Å². The summed E-state index contributed by atoms with van der Waals surface area (Å²) in [4.78, 5) is 12.0. The molecule has 0 saturated heterocycles. The van der Waals surface area contributed by atoms with E-state index in [9.17, 15) is 13.2 Å². The van der Waals surface area contributed by atoms with Crippen LogP contribution in [0.1, 0.15) is 22.8 Å². The molecule has 0 aliphatic heterocycles. The SMILES string of the molecule is CCc1ccc(C(=O)Nc2ccc(OC)c(S(N)(=O)=O)c2)cc1. The molecule has 0 unspecified atom stereocenters. The molecule has 0 heterocycles. The fourth-order valence-corrected chi connectivity index (χ4v) is 2.79. The molecule has 6 nitrogen and oxygen atoms in total. The molecule has 122 valence electrons. The number of primary sulfonamides is 1. The number of amides is 1. The molecule has 7 heteroatoms. The van der Waals surface area contributed by atoms with Gasteiger partial charge in [-0.15, -0.1) is 0 Å². The van der Waals surface area contributed by atoms with Gasteiger partial charge in [0, 0.05) is 11.3 Å². The first-order valence-corrected chi connectivity index (χ1v) is 8.51. The van der Waals surface area contributed by atoms with Crippen LogP contribution in [0.2, 0.25) is 0 Å². The summed E-state index contributed by atoms with van der Waals surface area (Å²) in [6.45, 7) is 2.03. The predicted octanol–water partition coefficient (Wildman–Crippen LogP) is 2.16. The highest BCUT2D eigenvalue weighted by Crippen LogP contribution is 2.26. The molecule has 2 aromatic carbocycles. The van der Waals surface area contributed by atoms with Crippen molar-refractivity contribution in [3.63, 3.8) is 0 Å². The van der Waals surface area contributed by atoms with Gasteiger partial charge in [0.25, 0.3) is 5.91 Å². The van der Waals surface area contributed by atoms with E-state index in [-0.39, 0.29) is 16.6 Å². The summed E-state index contributed by atoms with van der Waals surface area (Å²) in [5.74, 6) is -0.212. The molecule has 0 aliphatic carbocycles. The predicted molar refractivity (Wildman–Crippen MR) is 88.1 cm³/mol. The summed E-state index contributed by atoms with van der Waals surface area (Å²) in [6, 6.07) is 11.4. The Hall–Kier alpha value is -2.38. The molecule has 3 N–H and O–H groups in total. The van der Waals surface area contributed by atoms with E-state index in [1.165, 1.54) is 19.2 Å². The van der Waals surface area contributed by atoms with Gasteiger partial charge < -0.3 is 10.1 Å². The van der Waals surface area contributed by atoms with Crippen molar-refractivity contribution in [1.29, 1.82) is 0 Å². The monoisotopic (exact) mass is 334 g/mol. The standard InChI is InChI=1S/C16H18N2O4S/c1-3-11-4-6-12(7-5-11)16(19)18-13-8-9-14(22-2)15(10-13)23(17,20)21/h4-10H,3H2,1-2H3,(H,18,19)(H2,17,20,21). The molecule has 0 radical (unpaired) electrons. The number of carbonyl (C=O) groups is 1. The van der Waals surface area contributed by atoms with Crippen LogP contribution in [-0.2, 0) is 16.4 Å². The van der Waals surface area contributed by atoms with Crippen LogP contribution in [0, 0.1) is 0 Å². The van der Waals surface area contributed by atoms with Crippen molar-refractivity contribution in [3.8, 4) is 5.75 Å². The van der Waals surface area contributed by atoms with Gasteiger partial charge in [-0.2, -0.15) is 0 Å². The summed E-state index contributed by atoms with van der Waals surface area (Å²) < 4.78 is 28.1. The zero-order valence-electron chi connectivity index (χ0n) is 12.9. The third kappa shape index (κ3) is 4.08. The Balaban J connectivity index is 2.27. The number of carbonyl (C=O) groups excluding carboxylic acids is 1. The Morgan fingerprint density at radius 2 is 1.83 bits per heavy atom. The van der Waals surface area contributed by atoms with E-state index >= 15 is 0 Å². The van der Waals surface area contributed by atoms with E-state index in [1.807, 2.05) is 19.1 Å². The first kappa shape index (κ1) is 17.0. The van der Waals surface area contributed by atoms with Gasteiger partial charge in [0.05, 0.1) is 7.11 Å². The lowest BCUT2D eigenvalue weighted by Gasteiger charge is -2.10. The topological polar surface area (TPSA) is 98.5 Å². The summed E-state index contributed by atoms with van der Waals surface area (Å²) >= 11 is 0. The highest BCUT2D eigenvalue weighted by atomic mass is 32.2. The number of nitrogens with one attached hydrogen (secondary N) is 1. The number of anilines is 1. The average Bonchev–Trinajstić information content (AvgIpc) is 2.54. The number of nitrogens with two attached hydrogens (primary N) is 1. The summed E-state index contributed by atoms with van der Waals surface area (Å²) in [6.07, 6.45) is 0.887. The van der Waals surface area contributed by atoms with Gasteiger partial charge in [0.1, 0.15) is 10.6 Å². The molecule has 0 bridgehead atoms. The second kappa shape index (κ2) is 6.80. The van der Waals surface area contributed by atoms with Gasteiger partial charge in [-0.05, 0) is 42.3 Å². The van der Waals surface area contributed by atoms with Crippen LogP contribution in [0.25, 0.3) is 0 Å². The molecule has 1 amide bonds. The van der Waals surface area contributed by atoms with Gasteiger partial charge in [-0.1, -0.05) is 19.1 Å². The van der Waals surface area contributed by atoms with E-state index in [1.54, 1.807) is 18.2 Å². The highest BCUT2D eigenvalue weighted by molar-refractivity contribution is 7.89. The molecule has 0 aliphatic rings. The number of hydrogen-bond donors (Lipinski definition) is 2. The molecule has 23 heavy (non-hydrogen) atoms. The Bertz CT molecular complexity index is 814. The van der Waals surface area contributed by atoms with E-state index in [0.717, 1.165) is 12.0 Å². The molecular formula is C16H18N2O4S. The van der Waals surface area contributed by atoms with Gasteiger partial charge in [0.2, 0.25) is 10.0 Å². The molecule has 0 fully saturated rings. The summed E-state index contributed by atoms with van der Waals surface area (Å²) in [7, 11) is -2.61. The van der Waals surface area contributed by atoms with Crippen molar-refractivity contribution in [2.75, 3.05) is 12.4 Å².